The molecule has 0 saturated heterocycles. The molecule has 0 saturated carbocycles. The van der Waals surface area contributed by atoms with Crippen LogP contribution in [0.25, 0.3) is 0 Å². The predicted molar refractivity (Wildman–Crippen MR) is 139 cm³/mol. The van der Waals surface area contributed by atoms with Gasteiger partial charge < -0.3 is 10.1 Å². The van der Waals surface area contributed by atoms with Crippen LogP contribution in [0, 0.1) is 0 Å². The van der Waals surface area contributed by atoms with Crippen molar-refractivity contribution in [2.24, 2.45) is 0 Å². The van der Waals surface area contributed by atoms with E-state index in [-0.39, 0.29) is 11.9 Å². The zero-order chi connectivity index (χ0) is 23.8. The van der Waals surface area contributed by atoms with Crippen LogP contribution in [-0.2, 0) is 15.1 Å². The van der Waals surface area contributed by atoms with Gasteiger partial charge in [-0.15, -0.1) is 0 Å². The minimum absolute atomic E-state index is 0.0928. The Balaban J connectivity index is 1.75. The van der Waals surface area contributed by atoms with Gasteiger partial charge in [0.2, 0.25) is 0 Å². The number of anilines is 1. The number of benzene rings is 4. The fraction of sp³-hybridized carbons (Fsp3) is 0.194. The van der Waals surface area contributed by atoms with Gasteiger partial charge in [0.1, 0.15) is 5.54 Å². The lowest BCUT2D eigenvalue weighted by molar-refractivity contribution is -0.143. The second-order valence-electron chi connectivity index (χ2n) is 8.51. The molecule has 0 aliphatic heterocycles. The fourth-order valence-electron chi connectivity index (χ4n) is 4.48. The SMILES string of the molecule is CCOC(=O)CC(C)c1ccc(NC(c2ccccc2)(c2ccccc2)c2ccccc2)cc1. The predicted octanol–water partition coefficient (Wildman–Crippen LogP) is 7.15. The van der Waals surface area contributed by atoms with Crippen molar-refractivity contribution in [3.05, 3.63) is 138 Å². The molecule has 0 fully saturated rings. The van der Waals surface area contributed by atoms with E-state index >= 15 is 0 Å². The molecule has 0 aliphatic rings. The van der Waals surface area contributed by atoms with Crippen LogP contribution in [0.2, 0.25) is 0 Å². The van der Waals surface area contributed by atoms with E-state index in [1.807, 2.05) is 25.1 Å². The summed E-state index contributed by atoms with van der Waals surface area (Å²) in [5.41, 5.74) is 5.03. The highest BCUT2D eigenvalue weighted by molar-refractivity contribution is 5.70. The monoisotopic (exact) mass is 449 g/mol. The van der Waals surface area contributed by atoms with Gasteiger partial charge in [-0.1, -0.05) is 110 Å². The van der Waals surface area contributed by atoms with Crippen molar-refractivity contribution in [1.29, 1.82) is 0 Å². The lowest BCUT2D eigenvalue weighted by Gasteiger charge is -2.38. The van der Waals surface area contributed by atoms with Crippen LogP contribution in [-0.4, -0.2) is 12.6 Å². The summed E-state index contributed by atoms with van der Waals surface area (Å²) in [5, 5.41) is 3.88. The lowest BCUT2D eigenvalue weighted by atomic mass is 9.76. The van der Waals surface area contributed by atoms with Gasteiger partial charge in [-0.25, -0.2) is 0 Å². The first-order valence-corrected chi connectivity index (χ1v) is 11.8. The number of carbonyl (C=O) groups excluding carboxylic acids is 1. The van der Waals surface area contributed by atoms with Crippen LogP contribution in [0.5, 0.6) is 0 Å². The summed E-state index contributed by atoms with van der Waals surface area (Å²) in [5.74, 6) is -0.0660. The molecule has 0 heterocycles. The van der Waals surface area contributed by atoms with Gasteiger partial charge in [0.05, 0.1) is 13.0 Å². The van der Waals surface area contributed by atoms with Crippen LogP contribution >= 0.6 is 0 Å². The molecule has 1 unspecified atom stereocenters. The molecule has 0 radical (unpaired) electrons. The van der Waals surface area contributed by atoms with E-state index in [2.05, 4.69) is 109 Å². The van der Waals surface area contributed by atoms with Crippen LogP contribution in [0.1, 0.15) is 48.4 Å². The van der Waals surface area contributed by atoms with Crippen molar-refractivity contribution in [3.8, 4) is 0 Å². The number of rotatable bonds is 9. The molecule has 4 aromatic rings. The molecule has 0 bridgehead atoms. The summed E-state index contributed by atoms with van der Waals surface area (Å²) in [6.07, 6.45) is 0.378. The number of carbonyl (C=O) groups is 1. The summed E-state index contributed by atoms with van der Waals surface area (Å²) in [7, 11) is 0. The molecule has 34 heavy (non-hydrogen) atoms. The zero-order valence-corrected chi connectivity index (χ0v) is 19.8. The van der Waals surface area contributed by atoms with Crippen molar-refractivity contribution < 1.29 is 9.53 Å². The van der Waals surface area contributed by atoms with Crippen molar-refractivity contribution in [3.63, 3.8) is 0 Å². The highest BCUT2D eigenvalue weighted by atomic mass is 16.5. The van der Waals surface area contributed by atoms with Crippen molar-refractivity contribution in [1.82, 2.24) is 0 Å². The molecule has 172 valence electrons. The highest BCUT2D eigenvalue weighted by Crippen LogP contribution is 2.40. The Morgan fingerprint density at radius 1 is 0.735 bits per heavy atom. The number of nitrogens with one attached hydrogen (secondary N) is 1. The first-order valence-electron chi connectivity index (χ1n) is 11.8. The molecule has 0 amide bonds. The van der Waals surface area contributed by atoms with Crippen LogP contribution < -0.4 is 5.32 Å². The maximum atomic E-state index is 11.9. The van der Waals surface area contributed by atoms with Gasteiger partial charge >= 0.3 is 5.97 Å². The molecule has 4 rings (SSSR count). The minimum atomic E-state index is -0.568. The van der Waals surface area contributed by atoms with Gasteiger partial charge in [-0.2, -0.15) is 0 Å². The molecule has 3 nitrogen and oxygen atoms in total. The molecule has 1 atom stereocenters. The van der Waals surface area contributed by atoms with Gasteiger partial charge in [0, 0.05) is 5.69 Å². The topological polar surface area (TPSA) is 38.3 Å². The minimum Gasteiger partial charge on any atom is -0.466 e. The zero-order valence-electron chi connectivity index (χ0n) is 19.8. The van der Waals surface area contributed by atoms with Gasteiger partial charge in [-0.05, 0) is 47.2 Å². The van der Waals surface area contributed by atoms with E-state index < -0.39 is 5.54 Å². The van der Waals surface area contributed by atoms with Crippen LogP contribution in [0.3, 0.4) is 0 Å². The lowest BCUT2D eigenvalue weighted by Crippen LogP contribution is -2.38. The third-order valence-electron chi connectivity index (χ3n) is 6.21. The first-order chi connectivity index (χ1) is 16.6. The Kier molecular flexibility index (Phi) is 7.44. The van der Waals surface area contributed by atoms with E-state index in [9.17, 15) is 4.79 Å². The number of hydrogen-bond donors (Lipinski definition) is 1. The highest BCUT2D eigenvalue weighted by Gasteiger charge is 2.36. The van der Waals surface area contributed by atoms with E-state index in [1.165, 1.54) is 0 Å². The second-order valence-corrected chi connectivity index (χ2v) is 8.51. The normalized spacial score (nSPS) is 12.1. The van der Waals surface area contributed by atoms with E-state index in [4.69, 9.17) is 4.74 Å². The molecule has 1 N–H and O–H groups in total. The molecule has 0 spiro atoms. The molecular formula is C31H31NO2. The summed E-state index contributed by atoms with van der Waals surface area (Å²) in [6, 6.07) is 40.0. The maximum absolute atomic E-state index is 11.9. The Labute approximate surface area is 202 Å². The Morgan fingerprint density at radius 3 is 1.59 bits per heavy atom. The third-order valence-corrected chi connectivity index (χ3v) is 6.21. The third kappa shape index (κ3) is 5.04. The summed E-state index contributed by atoms with van der Waals surface area (Å²) in [6.45, 7) is 4.30. The smallest absolute Gasteiger partial charge is 0.306 e. The van der Waals surface area contributed by atoms with Gasteiger partial charge in [0.15, 0.2) is 0 Å². The van der Waals surface area contributed by atoms with E-state index in [0.29, 0.717) is 13.0 Å². The Morgan fingerprint density at radius 2 is 1.18 bits per heavy atom. The molecule has 4 aromatic carbocycles. The Bertz CT molecular complexity index is 1080. The molecular weight excluding hydrogens is 418 g/mol. The number of hydrogen-bond acceptors (Lipinski definition) is 3. The molecule has 3 heteroatoms. The van der Waals surface area contributed by atoms with Crippen molar-refractivity contribution in [2.75, 3.05) is 11.9 Å². The van der Waals surface area contributed by atoms with E-state index in [1.54, 1.807) is 0 Å². The molecule has 0 aliphatic carbocycles. The van der Waals surface area contributed by atoms with Gasteiger partial charge in [0.25, 0.3) is 0 Å². The summed E-state index contributed by atoms with van der Waals surface area (Å²) >= 11 is 0. The average Bonchev–Trinajstić information content (AvgIpc) is 2.89. The number of esters is 1. The molecule has 0 aromatic heterocycles. The van der Waals surface area contributed by atoms with Crippen molar-refractivity contribution >= 4 is 11.7 Å². The van der Waals surface area contributed by atoms with E-state index in [0.717, 1.165) is 27.9 Å². The Hall–Kier alpha value is -3.85. The average molecular weight is 450 g/mol. The van der Waals surface area contributed by atoms with Crippen molar-refractivity contribution in [2.45, 2.75) is 31.7 Å². The maximum Gasteiger partial charge on any atom is 0.306 e. The summed E-state index contributed by atoms with van der Waals surface area (Å²) in [4.78, 5) is 11.9. The largest absolute Gasteiger partial charge is 0.466 e. The van der Waals surface area contributed by atoms with Crippen LogP contribution in [0.4, 0.5) is 5.69 Å². The first kappa shape index (κ1) is 23.3. The summed E-state index contributed by atoms with van der Waals surface area (Å²) < 4.78 is 5.12. The van der Waals surface area contributed by atoms with Crippen LogP contribution in [0.15, 0.2) is 115 Å². The standard InChI is InChI=1S/C31H31NO2/c1-3-34-30(33)23-24(2)25-19-21-29(22-20-25)32-31(26-13-7-4-8-14-26,27-15-9-5-10-16-27)28-17-11-6-12-18-28/h4-22,24,32H,3,23H2,1-2H3. The van der Waals surface area contributed by atoms with Gasteiger partial charge in [-0.3, -0.25) is 4.79 Å². The quantitative estimate of drug-likeness (QED) is 0.218. The fourth-order valence-corrected chi connectivity index (χ4v) is 4.48. The number of ether oxygens (including phenoxy) is 1. The second kappa shape index (κ2) is 10.8.